The lowest BCUT2D eigenvalue weighted by atomic mass is 10.0. The summed E-state index contributed by atoms with van der Waals surface area (Å²) in [6.07, 6.45) is 5.02. The van der Waals surface area contributed by atoms with Crippen LogP contribution in [0.1, 0.15) is 39.5 Å². The molecule has 0 aromatic rings. The molecule has 0 aliphatic rings. The Morgan fingerprint density at radius 1 is 1.25 bits per heavy atom. The molecule has 1 atom stereocenters. The minimum absolute atomic E-state index is 0.804. The number of hydrogen-bond donors (Lipinski definition) is 2. The third kappa shape index (κ3) is 8.02. The van der Waals surface area contributed by atoms with Crippen molar-refractivity contribution in [3.63, 3.8) is 0 Å². The molecule has 3 N–H and O–H groups in total. The Kier molecular flexibility index (Phi) is 8.95. The lowest BCUT2D eigenvalue weighted by Crippen LogP contribution is -2.17. The fourth-order valence-corrected chi connectivity index (χ4v) is 1.31. The standard InChI is InChI=1S/C10H24N2/c1-3-8-12-9-4-5-10(2)6-7-11/h10,12H,3-9,11H2,1-2H3. The normalized spacial score (nSPS) is 13.2. The van der Waals surface area contributed by atoms with E-state index in [2.05, 4.69) is 19.2 Å². The molecule has 0 amide bonds. The van der Waals surface area contributed by atoms with Gasteiger partial charge in [0, 0.05) is 0 Å². The van der Waals surface area contributed by atoms with Gasteiger partial charge in [0.15, 0.2) is 0 Å². The van der Waals surface area contributed by atoms with E-state index in [9.17, 15) is 0 Å². The predicted octanol–water partition coefficient (Wildman–Crippen LogP) is 1.75. The molecule has 74 valence electrons. The fraction of sp³-hybridized carbons (Fsp3) is 1.00. The van der Waals surface area contributed by atoms with Gasteiger partial charge in [0.25, 0.3) is 0 Å². The highest BCUT2D eigenvalue weighted by Gasteiger charge is 1.99. The molecular formula is C10H24N2. The van der Waals surface area contributed by atoms with Crippen LogP contribution in [0.2, 0.25) is 0 Å². The Balaban J connectivity index is 2.97. The Morgan fingerprint density at radius 3 is 2.58 bits per heavy atom. The largest absolute Gasteiger partial charge is 0.330 e. The van der Waals surface area contributed by atoms with Gasteiger partial charge in [-0.2, -0.15) is 0 Å². The van der Waals surface area contributed by atoms with Crippen molar-refractivity contribution in [3.8, 4) is 0 Å². The van der Waals surface area contributed by atoms with E-state index >= 15 is 0 Å². The van der Waals surface area contributed by atoms with E-state index in [4.69, 9.17) is 5.73 Å². The van der Waals surface area contributed by atoms with E-state index in [-0.39, 0.29) is 0 Å². The number of nitrogens with one attached hydrogen (secondary N) is 1. The van der Waals surface area contributed by atoms with Crippen molar-refractivity contribution < 1.29 is 0 Å². The zero-order valence-corrected chi connectivity index (χ0v) is 8.60. The van der Waals surface area contributed by atoms with Crippen LogP contribution in [0.3, 0.4) is 0 Å². The van der Waals surface area contributed by atoms with E-state index in [0.717, 1.165) is 19.0 Å². The predicted molar refractivity (Wildman–Crippen MR) is 55.2 cm³/mol. The van der Waals surface area contributed by atoms with Gasteiger partial charge in [-0.15, -0.1) is 0 Å². The summed E-state index contributed by atoms with van der Waals surface area (Å²) in [4.78, 5) is 0. The summed E-state index contributed by atoms with van der Waals surface area (Å²) in [6.45, 7) is 7.65. The zero-order valence-electron chi connectivity index (χ0n) is 8.60. The van der Waals surface area contributed by atoms with Gasteiger partial charge in [-0.25, -0.2) is 0 Å². The summed E-state index contributed by atoms with van der Waals surface area (Å²) in [5, 5.41) is 3.40. The second kappa shape index (κ2) is 9.01. The van der Waals surface area contributed by atoms with Gasteiger partial charge in [0.05, 0.1) is 0 Å². The average Bonchev–Trinajstić information content (AvgIpc) is 2.05. The molecule has 0 aliphatic heterocycles. The van der Waals surface area contributed by atoms with Crippen LogP contribution >= 0.6 is 0 Å². The molecule has 0 spiro atoms. The third-order valence-corrected chi connectivity index (χ3v) is 2.14. The SMILES string of the molecule is CCCNCCCC(C)CCN. The van der Waals surface area contributed by atoms with Gasteiger partial charge in [-0.1, -0.05) is 13.8 Å². The first kappa shape index (κ1) is 11.9. The molecule has 0 saturated heterocycles. The van der Waals surface area contributed by atoms with Crippen LogP contribution in [-0.2, 0) is 0 Å². The van der Waals surface area contributed by atoms with E-state index in [0.29, 0.717) is 0 Å². The molecule has 0 fully saturated rings. The summed E-state index contributed by atoms with van der Waals surface area (Å²) in [6, 6.07) is 0. The highest BCUT2D eigenvalue weighted by molar-refractivity contribution is 4.55. The van der Waals surface area contributed by atoms with Gasteiger partial charge in [-0.05, 0) is 51.2 Å². The van der Waals surface area contributed by atoms with Gasteiger partial charge >= 0.3 is 0 Å². The van der Waals surface area contributed by atoms with E-state index in [1.807, 2.05) is 0 Å². The minimum atomic E-state index is 0.804. The molecule has 12 heavy (non-hydrogen) atoms. The van der Waals surface area contributed by atoms with Crippen molar-refractivity contribution in [2.45, 2.75) is 39.5 Å². The molecule has 0 bridgehead atoms. The number of rotatable bonds is 8. The maximum atomic E-state index is 5.47. The van der Waals surface area contributed by atoms with Gasteiger partial charge in [0.2, 0.25) is 0 Å². The maximum absolute atomic E-state index is 5.47. The Bertz CT molecular complexity index is 83.9. The van der Waals surface area contributed by atoms with Crippen LogP contribution in [0.25, 0.3) is 0 Å². The number of hydrogen-bond acceptors (Lipinski definition) is 2. The molecule has 0 aliphatic carbocycles. The lowest BCUT2D eigenvalue weighted by molar-refractivity contribution is 0.469. The molecule has 2 heteroatoms. The second-order valence-corrected chi connectivity index (χ2v) is 3.57. The van der Waals surface area contributed by atoms with Crippen LogP contribution in [0.15, 0.2) is 0 Å². The van der Waals surface area contributed by atoms with Crippen LogP contribution in [-0.4, -0.2) is 19.6 Å². The molecule has 0 heterocycles. The van der Waals surface area contributed by atoms with Crippen molar-refractivity contribution in [1.29, 1.82) is 0 Å². The van der Waals surface area contributed by atoms with E-state index < -0.39 is 0 Å². The van der Waals surface area contributed by atoms with Crippen molar-refractivity contribution in [1.82, 2.24) is 5.32 Å². The molecular weight excluding hydrogens is 148 g/mol. The number of nitrogens with two attached hydrogens (primary N) is 1. The topological polar surface area (TPSA) is 38.0 Å². The van der Waals surface area contributed by atoms with Crippen LogP contribution in [0, 0.1) is 5.92 Å². The highest BCUT2D eigenvalue weighted by atomic mass is 14.8. The fourth-order valence-electron chi connectivity index (χ4n) is 1.31. The van der Waals surface area contributed by atoms with Crippen LogP contribution < -0.4 is 11.1 Å². The molecule has 1 unspecified atom stereocenters. The van der Waals surface area contributed by atoms with Gasteiger partial charge < -0.3 is 11.1 Å². The van der Waals surface area contributed by atoms with E-state index in [1.54, 1.807) is 0 Å². The quantitative estimate of drug-likeness (QED) is 0.547. The Hall–Kier alpha value is -0.0800. The first-order chi connectivity index (χ1) is 5.81. The second-order valence-electron chi connectivity index (χ2n) is 3.57. The van der Waals surface area contributed by atoms with Crippen molar-refractivity contribution in [2.24, 2.45) is 11.7 Å². The van der Waals surface area contributed by atoms with Gasteiger partial charge in [-0.3, -0.25) is 0 Å². The summed E-state index contributed by atoms with van der Waals surface area (Å²) >= 11 is 0. The van der Waals surface area contributed by atoms with Gasteiger partial charge in [0.1, 0.15) is 0 Å². The first-order valence-corrected chi connectivity index (χ1v) is 5.22. The summed E-state index contributed by atoms with van der Waals surface area (Å²) in [5.74, 6) is 0.804. The Morgan fingerprint density at radius 2 is 2.00 bits per heavy atom. The smallest absolute Gasteiger partial charge is 0.00488 e. The molecule has 0 aromatic carbocycles. The minimum Gasteiger partial charge on any atom is -0.330 e. The zero-order chi connectivity index (χ0) is 9.23. The first-order valence-electron chi connectivity index (χ1n) is 5.22. The average molecular weight is 172 g/mol. The van der Waals surface area contributed by atoms with Crippen LogP contribution in [0.4, 0.5) is 0 Å². The highest BCUT2D eigenvalue weighted by Crippen LogP contribution is 2.07. The van der Waals surface area contributed by atoms with Crippen molar-refractivity contribution in [3.05, 3.63) is 0 Å². The van der Waals surface area contributed by atoms with E-state index in [1.165, 1.54) is 32.2 Å². The van der Waals surface area contributed by atoms with Crippen LogP contribution in [0.5, 0.6) is 0 Å². The molecule has 0 radical (unpaired) electrons. The molecule has 0 saturated carbocycles. The molecule has 2 nitrogen and oxygen atoms in total. The lowest BCUT2D eigenvalue weighted by Gasteiger charge is -2.09. The summed E-state index contributed by atoms with van der Waals surface area (Å²) < 4.78 is 0. The Labute approximate surface area is 76.9 Å². The monoisotopic (exact) mass is 172 g/mol. The van der Waals surface area contributed by atoms with Crippen molar-refractivity contribution >= 4 is 0 Å². The van der Waals surface area contributed by atoms with Crippen molar-refractivity contribution in [2.75, 3.05) is 19.6 Å². The third-order valence-electron chi connectivity index (χ3n) is 2.14. The summed E-state index contributed by atoms with van der Waals surface area (Å²) in [5.41, 5.74) is 5.47. The summed E-state index contributed by atoms with van der Waals surface area (Å²) in [7, 11) is 0. The molecule has 0 aromatic heterocycles. The molecule has 0 rings (SSSR count). The maximum Gasteiger partial charge on any atom is -0.00488 e.